The van der Waals surface area contributed by atoms with Gasteiger partial charge in [0.2, 0.25) is 0 Å². The number of aryl methyl sites for hydroxylation is 1. The van der Waals surface area contributed by atoms with Crippen LogP contribution in [-0.2, 0) is 4.74 Å². The van der Waals surface area contributed by atoms with Gasteiger partial charge in [-0.2, -0.15) is 0 Å². The van der Waals surface area contributed by atoms with Crippen molar-refractivity contribution in [3.63, 3.8) is 0 Å². The van der Waals surface area contributed by atoms with E-state index in [-0.39, 0.29) is 22.4 Å². The maximum Gasteiger partial charge on any atom is 0.338 e. The zero-order valence-electron chi connectivity index (χ0n) is 12.6. The first-order valence-electron chi connectivity index (χ1n) is 6.76. The molecule has 0 heterocycles. The number of ether oxygens (including phenoxy) is 1. The lowest BCUT2D eigenvalue weighted by atomic mass is 10.1. The number of carbonyl (C=O) groups excluding carboxylic acids is 2. The Morgan fingerprint density at radius 2 is 1.65 bits per heavy atom. The summed E-state index contributed by atoms with van der Waals surface area (Å²) in [6, 6.07) is 10.8. The molecule has 0 aliphatic carbocycles. The Labute approximate surface area is 132 Å². The summed E-state index contributed by atoms with van der Waals surface area (Å²) in [4.78, 5) is 35.4. The number of carboxylic acids is 1. The Kier molecular flexibility index (Phi) is 4.75. The summed E-state index contributed by atoms with van der Waals surface area (Å²) < 4.78 is 4.64. The van der Waals surface area contributed by atoms with Gasteiger partial charge in [0.15, 0.2) is 0 Å². The van der Waals surface area contributed by atoms with Gasteiger partial charge in [0.05, 0.1) is 29.5 Å². The average Bonchev–Trinajstić information content (AvgIpc) is 2.55. The molecule has 2 rings (SSSR count). The van der Waals surface area contributed by atoms with Crippen LogP contribution in [0.3, 0.4) is 0 Å². The lowest BCUT2D eigenvalue weighted by Crippen LogP contribution is -2.18. The molecule has 0 radical (unpaired) electrons. The second-order valence-corrected chi connectivity index (χ2v) is 4.85. The number of amides is 1. The molecule has 23 heavy (non-hydrogen) atoms. The first-order chi connectivity index (χ1) is 10.9. The van der Waals surface area contributed by atoms with E-state index in [2.05, 4.69) is 10.1 Å². The highest BCUT2D eigenvalue weighted by Gasteiger charge is 2.19. The molecule has 1 amide bonds. The molecule has 0 spiro atoms. The molecule has 0 saturated carbocycles. The number of anilines is 1. The van der Waals surface area contributed by atoms with Crippen LogP contribution in [0.1, 0.15) is 36.6 Å². The second kappa shape index (κ2) is 6.74. The summed E-state index contributed by atoms with van der Waals surface area (Å²) in [5.74, 6) is -2.37. The van der Waals surface area contributed by atoms with Crippen LogP contribution in [0.15, 0.2) is 42.5 Å². The van der Waals surface area contributed by atoms with Gasteiger partial charge in [0.1, 0.15) is 0 Å². The van der Waals surface area contributed by atoms with Crippen molar-refractivity contribution in [1.29, 1.82) is 0 Å². The SMILES string of the molecule is COC(=O)c1ccccc1C(=O)Nc1ccc(C)cc1C(=O)O. The van der Waals surface area contributed by atoms with Crippen molar-refractivity contribution in [2.24, 2.45) is 0 Å². The van der Waals surface area contributed by atoms with E-state index in [1.54, 1.807) is 25.1 Å². The van der Waals surface area contributed by atoms with Crippen LogP contribution >= 0.6 is 0 Å². The number of hydrogen-bond acceptors (Lipinski definition) is 4. The summed E-state index contributed by atoms with van der Waals surface area (Å²) in [5.41, 5.74) is 1.12. The van der Waals surface area contributed by atoms with E-state index in [1.807, 2.05) is 0 Å². The third kappa shape index (κ3) is 3.55. The zero-order valence-corrected chi connectivity index (χ0v) is 12.6. The Hall–Kier alpha value is -3.15. The lowest BCUT2D eigenvalue weighted by Gasteiger charge is -2.11. The van der Waals surface area contributed by atoms with Crippen molar-refractivity contribution in [1.82, 2.24) is 0 Å². The predicted molar refractivity (Wildman–Crippen MR) is 83.9 cm³/mol. The lowest BCUT2D eigenvalue weighted by molar-refractivity contribution is 0.0596. The molecule has 0 aliphatic heterocycles. The van der Waals surface area contributed by atoms with Gasteiger partial charge in [-0.25, -0.2) is 9.59 Å². The molecular formula is C17H15NO5. The van der Waals surface area contributed by atoms with Crippen LogP contribution in [0.4, 0.5) is 5.69 Å². The van der Waals surface area contributed by atoms with Crippen molar-refractivity contribution in [3.8, 4) is 0 Å². The number of nitrogens with one attached hydrogen (secondary N) is 1. The summed E-state index contributed by atoms with van der Waals surface area (Å²) in [7, 11) is 1.22. The monoisotopic (exact) mass is 313 g/mol. The van der Waals surface area contributed by atoms with E-state index in [0.717, 1.165) is 5.56 Å². The summed E-state index contributed by atoms with van der Waals surface area (Å²) in [6.07, 6.45) is 0. The maximum atomic E-state index is 12.4. The quantitative estimate of drug-likeness (QED) is 0.847. The highest BCUT2D eigenvalue weighted by molar-refractivity contribution is 6.12. The molecule has 0 saturated heterocycles. The number of methoxy groups -OCH3 is 1. The Bertz CT molecular complexity index is 782. The van der Waals surface area contributed by atoms with Gasteiger partial charge in [-0.1, -0.05) is 23.8 Å². The number of aromatic carboxylic acids is 1. The Balaban J connectivity index is 2.38. The van der Waals surface area contributed by atoms with Crippen LogP contribution in [0.2, 0.25) is 0 Å². The fourth-order valence-corrected chi connectivity index (χ4v) is 2.10. The van der Waals surface area contributed by atoms with Crippen LogP contribution in [-0.4, -0.2) is 30.1 Å². The number of carboxylic acid groups (broad SMARTS) is 1. The first kappa shape index (κ1) is 16.2. The molecular weight excluding hydrogens is 298 g/mol. The van der Waals surface area contributed by atoms with Gasteiger partial charge in [0.25, 0.3) is 5.91 Å². The molecule has 2 N–H and O–H groups in total. The molecule has 0 atom stereocenters. The predicted octanol–water partition coefficient (Wildman–Crippen LogP) is 2.73. The van der Waals surface area contributed by atoms with E-state index in [1.165, 1.54) is 31.4 Å². The van der Waals surface area contributed by atoms with E-state index in [9.17, 15) is 19.5 Å². The minimum atomic E-state index is -1.15. The number of hydrogen-bond donors (Lipinski definition) is 2. The molecule has 0 unspecified atom stereocenters. The molecule has 6 nitrogen and oxygen atoms in total. The second-order valence-electron chi connectivity index (χ2n) is 4.85. The van der Waals surface area contributed by atoms with Gasteiger partial charge in [0, 0.05) is 0 Å². The van der Waals surface area contributed by atoms with Crippen molar-refractivity contribution in [2.75, 3.05) is 12.4 Å². The number of carbonyl (C=O) groups is 3. The van der Waals surface area contributed by atoms with E-state index in [0.29, 0.717) is 0 Å². The fourth-order valence-electron chi connectivity index (χ4n) is 2.10. The molecule has 6 heteroatoms. The van der Waals surface area contributed by atoms with Crippen molar-refractivity contribution < 1.29 is 24.2 Å². The Morgan fingerprint density at radius 1 is 1.00 bits per heavy atom. The summed E-state index contributed by atoms with van der Waals surface area (Å²) >= 11 is 0. The zero-order chi connectivity index (χ0) is 17.0. The molecule has 0 fully saturated rings. The Morgan fingerprint density at radius 3 is 2.26 bits per heavy atom. The van der Waals surface area contributed by atoms with Gasteiger partial charge >= 0.3 is 11.9 Å². The van der Waals surface area contributed by atoms with Gasteiger partial charge < -0.3 is 15.2 Å². The third-order valence-electron chi connectivity index (χ3n) is 3.23. The average molecular weight is 313 g/mol. The molecule has 2 aromatic rings. The molecule has 118 valence electrons. The smallest absolute Gasteiger partial charge is 0.338 e. The van der Waals surface area contributed by atoms with E-state index >= 15 is 0 Å². The maximum absolute atomic E-state index is 12.4. The van der Waals surface area contributed by atoms with Crippen LogP contribution in [0.5, 0.6) is 0 Å². The van der Waals surface area contributed by atoms with Crippen LogP contribution in [0.25, 0.3) is 0 Å². The number of esters is 1. The van der Waals surface area contributed by atoms with Gasteiger partial charge in [-0.15, -0.1) is 0 Å². The van der Waals surface area contributed by atoms with Gasteiger partial charge in [-0.05, 0) is 31.2 Å². The van der Waals surface area contributed by atoms with Crippen LogP contribution in [0, 0.1) is 6.92 Å². The molecule has 0 bridgehead atoms. The summed E-state index contributed by atoms with van der Waals surface area (Å²) in [6.45, 7) is 1.75. The van der Waals surface area contributed by atoms with E-state index in [4.69, 9.17) is 0 Å². The van der Waals surface area contributed by atoms with Gasteiger partial charge in [-0.3, -0.25) is 4.79 Å². The van der Waals surface area contributed by atoms with Crippen molar-refractivity contribution >= 4 is 23.5 Å². The number of rotatable bonds is 4. The standard InChI is InChI=1S/C17H15NO5/c1-10-7-8-14(13(9-10)16(20)21)18-15(19)11-5-3-4-6-12(11)17(22)23-2/h3-9H,1-2H3,(H,18,19)(H,20,21). The largest absolute Gasteiger partial charge is 0.478 e. The molecule has 0 aliphatic rings. The number of benzene rings is 2. The first-order valence-corrected chi connectivity index (χ1v) is 6.76. The molecule has 0 aromatic heterocycles. The summed E-state index contributed by atoms with van der Waals surface area (Å²) in [5, 5.41) is 11.8. The molecule has 2 aromatic carbocycles. The normalized spacial score (nSPS) is 10.0. The van der Waals surface area contributed by atoms with Crippen molar-refractivity contribution in [3.05, 3.63) is 64.7 Å². The minimum Gasteiger partial charge on any atom is -0.478 e. The van der Waals surface area contributed by atoms with E-state index < -0.39 is 17.8 Å². The third-order valence-corrected chi connectivity index (χ3v) is 3.23. The highest BCUT2D eigenvalue weighted by Crippen LogP contribution is 2.19. The fraction of sp³-hybridized carbons (Fsp3) is 0.118. The van der Waals surface area contributed by atoms with Crippen LogP contribution < -0.4 is 5.32 Å². The minimum absolute atomic E-state index is 0.0195. The van der Waals surface area contributed by atoms with Crippen molar-refractivity contribution in [2.45, 2.75) is 6.92 Å². The highest BCUT2D eigenvalue weighted by atomic mass is 16.5. The topological polar surface area (TPSA) is 92.7 Å².